The van der Waals surface area contributed by atoms with Crippen LogP contribution < -0.4 is 5.32 Å². The molecule has 2 N–H and O–H groups in total. The number of benzene rings is 1. The van der Waals surface area contributed by atoms with Crippen LogP contribution in [-0.2, 0) is 0 Å². The Morgan fingerprint density at radius 2 is 1.89 bits per heavy atom. The molecule has 0 heterocycles. The Balaban J connectivity index is 2.64. The Labute approximate surface area is 118 Å². The third-order valence-electron chi connectivity index (χ3n) is 3.75. The van der Waals surface area contributed by atoms with Crippen molar-refractivity contribution < 1.29 is 5.11 Å². The molecule has 2 nitrogen and oxygen atoms in total. The van der Waals surface area contributed by atoms with E-state index in [4.69, 9.17) is 0 Å². The van der Waals surface area contributed by atoms with Gasteiger partial charge in [0.1, 0.15) is 0 Å². The highest BCUT2D eigenvalue weighted by molar-refractivity contribution is 5.32. The van der Waals surface area contributed by atoms with Gasteiger partial charge in [-0.25, -0.2) is 0 Å². The molecule has 2 heteroatoms. The van der Waals surface area contributed by atoms with Gasteiger partial charge < -0.3 is 10.4 Å². The average molecular weight is 263 g/mol. The van der Waals surface area contributed by atoms with Gasteiger partial charge in [-0.2, -0.15) is 0 Å². The van der Waals surface area contributed by atoms with Crippen molar-refractivity contribution in [2.75, 3.05) is 6.54 Å². The molecule has 108 valence electrons. The maximum absolute atomic E-state index is 10.5. The second-order valence-electron chi connectivity index (χ2n) is 5.48. The number of hydrogen-bond donors (Lipinski definition) is 2. The molecule has 0 saturated heterocycles. The van der Waals surface area contributed by atoms with Crippen LogP contribution in [0.15, 0.2) is 18.2 Å². The summed E-state index contributed by atoms with van der Waals surface area (Å²) in [6.07, 6.45) is 4.21. The van der Waals surface area contributed by atoms with Gasteiger partial charge in [-0.15, -0.1) is 0 Å². The maximum Gasteiger partial charge on any atom is 0.0945 e. The lowest BCUT2D eigenvalue weighted by molar-refractivity contribution is 0.125. The molecule has 0 aromatic heterocycles. The van der Waals surface area contributed by atoms with Crippen LogP contribution in [-0.4, -0.2) is 17.7 Å². The zero-order chi connectivity index (χ0) is 14.3. The van der Waals surface area contributed by atoms with Crippen LogP contribution in [0.1, 0.15) is 62.3 Å². The van der Waals surface area contributed by atoms with Crippen LogP contribution in [0.5, 0.6) is 0 Å². The zero-order valence-corrected chi connectivity index (χ0v) is 12.9. The van der Waals surface area contributed by atoms with Crippen molar-refractivity contribution >= 4 is 0 Å². The number of aliphatic hydroxyl groups is 1. The Morgan fingerprint density at radius 1 is 1.16 bits per heavy atom. The summed E-state index contributed by atoms with van der Waals surface area (Å²) in [6.45, 7) is 9.50. The fraction of sp³-hybridized carbons (Fsp3) is 0.647. The minimum Gasteiger partial charge on any atom is -0.387 e. The van der Waals surface area contributed by atoms with E-state index in [0.29, 0.717) is 0 Å². The lowest BCUT2D eigenvalue weighted by atomic mass is 9.95. The third-order valence-corrected chi connectivity index (χ3v) is 3.75. The molecule has 1 rings (SSSR count). The first-order chi connectivity index (χ1) is 9.10. The molecule has 2 unspecified atom stereocenters. The van der Waals surface area contributed by atoms with Gasteiger partial charge in [0.05, 0.1) is 6.10 Å². The molecule has 0 bridgehead atoms. The lowest BCUT2D eigenvalue weighted by Gasteiger charge is -2.25. The molecule has 0 aliphatic rings. The number of hydrogen-bond acceptors (Lipinski definition) is 2. The smallest absolute Gasteiger partial charge is 0.0945 e. The molecule has 1 aromatic rings. The van der Waals surface area contributed by atoms with E-state index in [2.05, 4.69) is 51.2 Å². The highest BCUT2D eigenvalue weighted by Crippen LogP contribution is 2.23. The fourth-order valence-corrected chi connectivity index (χ4v) is 2.52. The van der Waals surface area contributed by atoms with E-state index in [1.54, 1.807) is 0 Å². The van der Waals surface area contributed by atoms with Crippen LogP contribution in [0.25, 0.3) is 0 Å². The van der Waals surface area contributed by atoms with Crippen molar-refractivity contribution in [2.24, 2.45) is 0 Å². The topological polar surface area (TPSA) is 32.3 Å². The summed E-state index contributed by atoms with van der Waals surface area (Å²) in [5.41, 5.74) is 3.49. The van der Waals surface area contributed by atoms with Gasteiger partial charge in [0.15, 0.2) is 0 Å². The minimum atomic E-state index is -0.410. The van der Waals surface area contributed by atoms with Crippen LogP contribution >= 0.6 is 0 Å². The highest BCUT2D eigenvalue weighted by atomic mass is 16.3. The number of nitrogens with one attached hydrogen (secondary N) is 1. The molecule has 0 aliphatic heterocycles. The SMILES string of the molecule is CCCCCNC(CC)C(O)c1ccc(C)cc1C. The zero-order valence-electron chi connectivity index (χ0n) is 12.9. The van der Waals surface area contributed by atoms with Crippen LogP contribution in [0.2, 0.25) is 0 Å². The van der Waals surface area contributed by atoms with E-state index < -0.39 is 6.10 Å². The Kier molecular flexibility index (Phi) is 7.11. The normalized spacial score (nSPS) is 14.4. The van der Waals surface area contributed by atoms with E-state index in [1.165, 1.54) is 30.4 Å². The molecular formula is C17H29NO. The van der Waals surface area contributed by atoms with E-state index >= 15 is 0 Å². The molecule has 19 heavy (non-hydrogen) atoms. The first-order valence-corrected chi connectivity index (χ1v) is 7.58. The average Bonchev–Trinajstić information content (AvgIpc) is 2.38. The van der Waals surface area contributed by atoms with Gasteiger partial charge in [-0.05, 0) is 44.4 Å². The Hall–Kier alpha value is -0.860. The van der Waals surface area contributed by atoms with Gasteiger partial charge >= 0.3 is 0 Å². The summed E-state index contributed by atoms with van der Waals surface area (Å²) in [7, 11) is 0. The van der Waals surface area contributed by atoms with Crippen molar-refractivity contribution in [1.82, 2.24) is 5.32 Å². The van der Waals surface area contributed by atoms with Crippen LogP contribution in [0, 0.1) is 13.8 Å². The minimum absolute atomic E-state index is 0.151. The van der Waals surface area contributed by atoms with Gasteiger partial charge in [-0.3, -0.25) is 0 Å². The number of aryl methyl sites for hydroxylation is 2. The second kappa shape index (κ2) is 8.34. The van der Waals surface area contributed by atoms with Gasteiger partial charge in [0.2, 0.25) is 0 Å². The van der Waals surface area contributed by atoms with Crippen molar-refractivity contribution in [3.63, 3.8) is 0 Å². The van der Waals surface area contributed by atoms with Crippen molar-refractivity contribution in [1.29, 1.82) is 0 Å². The summed E-state index contributed by atoms with van der Waals surface area (Å²) in [6, 6.07) is 6.43. The summed E-state index contributed by atoms with van der Waals surface area (Å²) in [5.74, 6) is 0. The molecule has 0 fully saturated rings. The first-order valence-electron chi connectivity index (χ1n) is 7.58. The molecule has 0 aliphatic carbocycles. The first kappa shape index (κ1) is 16.2. The fourth-order valence-electron chi connectivity index (χ4n) is 2.52. The second-order valence-corrected chi connectivity index (χ2v) is 5.48. The molecule has 2 atom stereocenters. The molecule has 0 saturated carbocycles. The van der Waals surface area contributed by atoms with Gasteiger partial charge in [0, 0.05) is 6.04 Å². The predicted molar refractivity (Wildman–Crippen MR) is 82.5 cm³/mol. The quantitative estimate of drug-likeness (QED) is 0.697. The largest absolute Gasteiger partial charge is 0.387 e. The van der Waals surface area contributed by atoms with Crippen LogP contribution in [0.4, 0.5) is 0 Å². The molecule has 0 spiro atoms. The maximum atomic E-state index is 10.5. The monoisotopic (exact) mass is 263 g/mol. The Morgan fingerprint density at radius 3 is 2.47 bits per heavy atom. The number of rotatable bonds is 8. The standard InChI is InChI=1S/C17H29NO/c1-5-7-8-11-18-16(6-2)17(19)15-10-9-13(3)12-14(15)4/h9-10,12,16-19H,5-8,11H2,1-4H3. The number of aliphatic hydroxyl groups excluding tert-OH is 1. The van der Waals surface area contributed by atoms with E-state index in [0.717, 1.165) is 18.5 Å². The van der Waals surface area contributed by atoms with Gasteiger partial charge in [-0.1, -0.05) is 50.5 Å². The molecule has 1 aromatic carbocycles. The molecule has 0 amide bonds. The lowest BCUT2D eigenvalue weighted by Crippen LogP contribution is -2.35. The van der Waals surface area contributed by atoms with Gasteiger partial charge in [0.25, 0.3) is 0 Å². The number of unbranched alkanes of at least 4 members (excludes halogenated alkanes) is 2. The summed E-state index contributed by atoms with van der Waals surface area (Å²) in [4.78, 5) is 0. The third kappa shape index (κ3) is 4.96. The van der Waals surface area contributed by atoms with E-state index in [-0.39, 0.29) is 6.04 Å². The van der Waals surface area contributed by atoms with Crippen LogP contribution in [0.3, 0.4) is 0 Å². The van der Waals surface area contributed by atoms with Crippen molar-refractivity contribution in [3.8, 4) is 0 Å². The predicted octanol–water partition coefficient (Wildman–Crippen LogP) is 3.90. The summed E-state index contributed by atoms with van der Waals surface area (Å²) >= 11 is 0. The van der Waals surface area contributed by atoms with E-state index in [9.17, 15) is 5.11 Å². The van der Waals surface area contributed by atoms with Crippen molar-refractivity contribution in [3.05, 3.63) is 34.9 Å². The molecular weight excluding hydrogens is 234 g/mol. The van der Waals surface area contributed by atoms with Crippen molar-refractivity contribution in [2.45, 2.75) is 65.5 Å². The highest BCUT2D eigenvalue weighted by Gasteiger charge is 2.19. The van der Waals surface area contributed by atoms with E-state index in [1.807, 2.05) is 0 Å². The Bertz CT molecular complexity index is 376. The summed E-state index contributed by atoms with van der Waals surface area (Å²) < 4.78 is 0. The molecule has 0 radical (unpaired) electrons. The summed E-state index contributed by atoms with van der Waals surface area (Å²) in [5, 5.41) is 14.0.